The molecule has 8 rings (SSSR count). The Morgan fingerprint density at radius 2 is 1.50 bits per heavy atom. The van der Waals surface area contributed by atoms with Crippen molar-refractivity contribution < 1.29 is 24.5 Å². The molecule has 0 fully saturated rings. The second-order valence-electron chi connectivity index (χ2n) is 15.5. The van der Waals surface area contributed by atoms with Crippen LogP contribution in [0.25, 0.3) is 61.5 Å². The third-order valence-electron chi connectivity index (χ3n) is 9.70. The zero-order valence-corrected chi connectivity index (χ0v) is 34.8. The SMILES string of the molecule is CC(C)Cc1cc(-c2[c-]cccc2)ncc1C(C)(C)C.Cc1ccc2o[c-]c(-c3nc4ccccc4n3-c3cc(C)c(-c4ccccc4)c(C)c3)c2c1.[Ir]. The van der Waals surface area contributed by atoms with Crippen LogP contribution in [0.4, 0.5) is 0 Å². The number of benzene rings is 5. The molecule has 3 aromatic heterocycles. The van der Waals surface area contributed by atoms with Gasteiger partial charge in [-0.2, -0.15) is 0 Å². The molecule has 0 unspecified atom stereocenters. The summed E-state index contributed by atoms with van der Waals surface area (Å²) in [5.41, 5.74) is 16.0. The zero-order valence-electron chi connectivity index (χ0n) is 32.4. The predicted octanol–water partition coefficient (Wildman–Crippen LogP) is 12.9. The summed E-state index contributed by atoms with van der Waals surface area (Å²) in [7, 11) is 0. The molecule has 0 saturated carbocycles. The number of aryl methyl sites for hydroxylation is 3. The minimum atomic E-state index is 0. The molecule has 0 bridgehead atoms. The molecule has 275 valence electrons. The topological polar surface area (TPSA) is 43.9 Å². The monoisotopic (exact) mass is 886 g/mol. The molecule has 0 saturated heterocycles. The normalized spacial score (nSPS) is 11.4. The first-order valence-electron chi connectivity index (χ1n) is 18.5. The van der Waals surface area contributed by atoms with Gasteiger partial charge < -0.3 is 14.0 Å². The Kier molecular flexibility index (Phi) is 11.5. The van der Waals surface area contributed by atoms with Gasteiger partial charge in [0.05, 0.1) is 16.9 Å². The van der Waals surface area contributed by atoms with E-state index < -0.39 is 0 Å². The summed E-state index contributed by atoms with van der Waals surface area (Å²) in [5.74, 6) is 1.48. The van der Waals surface area contributed by atoms with Crippen LogP contribution < -0.4 is 0 Å². The van der Waals surface area contributed by atoms with Crippen LogP contribution in [-0.2, 0) is 31.9 Å². The van der Waals surface area contributed by atoms with Gasteiger partial charge in [0.1, 0.15) is 0 Å². The number of fused-ring (bicyclic) bond motifs is 2. The largest absolute Gasteiger partial charge is 0.557 e. The van der Waals surface area contributed by atoms with E-state index >= 15 is 0 Å². The Morgan fingerprint density at radius 3 is 2.19 bits per heavy atom. The Morgan fingerprint density at radius 1 is 0.796 bits per heavy atom. The van der Waals surface area contributed by atoms with E-state index in [1.165, 1.54) is 38.9 Å². The van der Waals surface area contributed by atoms with Crippen molar-refractivity contribution in [2.45, 2.75) is 67.2 Å². The van der Waals surface area contributed by atoms with Crippen molar-refractivity contribution in [1.82, 2.24) is 14.5 Å². The number of para-hydroxylation sites is 2. The third-order valence-corrected chi connectivity index (χ3v) is 9.70. The van der Waals surface area contributed by atoms with Gasteiger partial charge in [-0.05, 0) is 102 Å². The second kappa shape index (κ2) is 16.1. The van der Waals surface area contributed by atoms with Crippen molar-refractivity contribution in [2.24, 2.45) is 5.92 Å². The van der Waals surface area contributed by atoms with Gasteiger partial charge in [0.2, 0.25) is 0 Å². The number of furan rings is 1. The fourth-order valence-corrected chi connectivity index (χ4v) is 7.32. The summed E-state index contributed by atoms with van der Waals surface area (Å²) in [4.78, 5) is 9.68. The van der Waals surface area contributed by atoms with Crippen molar-refractivity contribution >= 4 is 22.0 Å². The summed E-state index contributed by atoms with van der Waals surface area (Å²) < 4.78 is 8.02. The first kappa shape index (κ1) is 38.6. The van der Waals surface area contributed by atoms with Gasteiger partial charge in [-0.1, -0.05) is 118 Å². The zero-order chi connectivity index (χ0) is 37.3. The molecule has 0 amide bonds. The first-order chi connectivity index (χ1) is 25.5. The Labute approximate surface area is 333 Å². The van der Waals surface area contributed by atoms with Gasteiger partial charge >= 0.3 is 0 Å². The van der Waals surface area contributed by atoms with Crippen LogP contribution in [-0.4, -0.2) is 14.5 Å². The molecule has 0 N–H and O–H groups in total. The van der Waals surface area contributed by atoms with Crippen molar-refractivity contribution in [3.8, 4) is 39.5 Å². The number of pyridine rings is 1. The van der Waals surface area contributed by atoms with Gasteiger partial charge in [-0.3, -0.25) is 4.98 Å². The van der Waals surface area contributed by atoms with Gasteiger partial charge in [0.25, 0.3) is 0 Å². The van der Waals surface area contributed by atoms with E-state index in [0.29, 0.717) is 5.92 Å². The van der Waals surface area contributed by atoms with Gasteiger partial charge in [0.15, 0.2) is 0 Å². The smallest absolute Gasteiger partial charge is 0.0774 e. The molecule has 5 heteroatoms. The predicted molar refractivity (Wildman–Crippen MR) is 221 cm³/mol. The molecular formula is C49H47IrN3O-2. The quantitative estimate of drug-likeness (QED) is 0.156. The first-order valence-corrected chi connectivity index (χ1v) is 18.5. The Hall–Kier alpha value is -5.09. The molecule has 4 nitrogen and oxygen atoms in total. The minimum absolute atomic E-state index is 0. The van der Waals surface area contributed by atoms with Crippen molar-refractivity contribution in [1.29, 1.82) is 0 Å². The molecule has 3 heterocycles. The summed E-state index contributed by atoms with van der Waals surface area (Å²) in [6.45, 7) is 17.7. The van der Waals surface area contributed by atoms with Crippen LogP contribution in [0.15, 0.2) is 126 Å². The summed E-state index contributed by atoms with van der Waals surface area (Å²) in [6.07, 6.45) is 6.28. The number of rotatable bonds is 6. The molecule has 5 aromatic carbocycles. The number of imidazole rings is 1. The van der Waals surface area contributed by atoms with Gasteiger partial charge in [-0.15, -0.1) is 35.9 Å². The maximum Gasteiger partial charge on any atom is 0.0774 e. The molecule has 0 spiro atoms. The van der Waals surface area contributed by atoms with E-state index in [1.807, 2.05) is 36.5 Å². The Balaban J connectivity index is 0.000000205. The minimum Gasteiger partial charge on any atom is -0.557 e. The van der Waals surface area contributed by atoms with E-state index in [2.05, 4.69) is 162 Å². The van der Waals surface area contributed by atoms with Crippen molar-refractivity contribution in [2.75, 3.05) is 0 Å². The molecule has 0 aliphatic carbocycles. The molecule has 0 aliphatic heterocycles. The fraction of sp³-hybridized carbons (Fsp3) is 0.224. The molecular weight excluding hydrogens is 839 g/mol. The standard InChI is InChI=1S/C30H23N2O.C19H24N.Ir/c1-19-13-14-28-24(15-19)25(18-33-28)30-31-26-11-7-8-12-27(26)32(30)23-16-20(2)29(21(3)17-23)22-9-5-4-6-10-22;1-14(2)11-16-12-18(15-9-7-6-8-10-15)20-13-17(16)19(3,4)5;/h4-17H,1-3H3;6-9,12-14H,11H2,1-5H3;/q2*-1;. The summed E-state index contributed by atoms with van der Waals surface area (Å²) in [5, 5.41) is 1.03. The van der Waals surface area contributed by atoms with Crippen LogP contribution >= 0.6 is 0 Å². The van der Waals surface area contributed by atoms with E-state index in [1.54, 1.807) is 0 Å². The average molecular weight is 886 g/mol. The van der Waals surface area contributed by atoms with E-state index in [0.717, 1.165) is 56.8 Å². The summed E-state index contributed by atoms with van der Waals surface area (Å²) >= 11 is 0. The van der Waals surface area contributed by atoms with Gasteiger partial charge in [0, 0.05) is 43.8 Å². The number of hydrogen-bond donors (Lipinski definition) is 0. The van der Waals surface area contributed by atoms with Crippen LogP contribution in [0, 0.1) is 39.0 Å². The van der Waals surface area contributed by atoms with Crippen LogP contribution in [0.3, 0.4) is 0 Å². The van der Waals surface area contributed by atoms with Crippen molar-refractivity contribution in [3.05, 3.63) is 162 Å². The van der Waals surface area contributed by atoms with E-state index in [-0.39, 0.29) is 25.5 Å². The maximum atomic E-state index is 5.79. The molecule has 0 aliphatic rings. The fourth-order valence-electron chi connectivity index (χ4n) is 7.32. The van der Waals surface area contributed by atoms with Gasteiger partial charge in [-0.25, -0.2) is 0 Å². The van der Waals surface area contributed by atoms with Crippen LogP contribution in [0.1, 0.15) is 62.4 Å². The molecule has 0 atom stereocenters. The molecule has 1 radical (unpaired) electrons. The third kappa shape index (κ3) is 8.04. The number of aromatic nitrogens is 3. The number of hydrogen-bond acceptors (Lipinski definition) is 3. The molecule has 8 aromatic rings. The average Bonchev–Trinajstić information content (AvgIpc) is 3.73. The van der Waals surface area contributed by atoms with E-state index in [9.17, 15) is 0 Å². The Bertz CT molecular complexity index is 2500. The van der Waals surface area contributed by atoms with E-state index in [4.69, 9.17) is 9.40 Å². The van der Waals surface area contributed by atoms with Crippen LogP contribution in [0.2, 0.25) is 0 Å². The number of nitrogens with zero attached hydrogens (tertiary/aromatic N) is 3. The maximum absolute atomic E-state index is 5.79. The van der Waals surface area contributed by atoms with Crippen molar-refractivity contribution in [3.63, 3.8) is 0 Å². The summed E-state index contributed by atoms with van der Waals surface area (Å²) in [6, 6.07) is 43.1. The van der Waals surface area contributed by atoms with Crippen LogP contribution in [0.5, 0.6) is 0 Å². The second-order valence-corrected chi connectivity index (χ2v) is 15.5. The molecule has 54 heavy (non-hydrogen) atoms.